The smallest absolute Gasteiger partial charge is 0.191 e. The Balaban J connectivity index is 0.00000420. The maximum atomic E-state index is 5.90. The third kappa shape index (κ3) is 8.74. The van der Waals surface area contributed by atoms with Gasteiger partial charge in [-0.2, -0.15) is 0 Å². The third-order valence-corrected chi connectivity index (χ3v) is 4.89. The van der Waals surface area contributed by atoms with Crippen LogP contribution in [0, 0.1) is 0 Å². The topological polar surface area (TPSA) is 71.7 Å². The maximum Gasteiger partial charge on any atom is 0.191 e. The molecule has 1 heterocycles. The summed E-state index contributed by atoms with van der Waals surface area (Å²) in [5.74, 6) is 2.04. The zero-order chi connectivity index (χ0) is 20.2. The van der Waals surface area contributed by atoms with Crippen molar-refractivity contribution in [3.05, 3.63) is 53.4 Å². The van der Waals surface area contributed by atoms with E-state index in [-0.39, 0.29) is 30.1 Å². The van der Waals surface area contributed by atoms with Crippen molar-refractivity contribution in [3.8, 4) is 0 Å². The second kappa shape index (κ2) is 14.4. The van der Waals surface area contributed by atoms with Crippen molar-refractivity contribution < 1.29 is 9.26 Å². The molecule has 0 bridgehead atoms. The van der Waals surface area contributed by atoms with E-state index in [1.807, 2.05) is 24.3 Å². The monoisotopic (exact) mass is 514 g/mol. The minimum Gasteiger partial charge on any atom is -0.374 e. The Morgan fingerprint density at radius 3 is 2.55 bits per heavy atom. The molecule has 1 unspecified atom stereocenters. The highest BCUT2D eigenvalue weighted by atomic mass is 127. The van der Waals surface area contributed by atoms with Gasteiger partial charge in [-0.15, -0.1) is 24.0 Å². The summed E-state index contributed by atoms with van der Waals surface area (Å²) in [4.78, 5) is 4.25. The van der Waals surface area contributed by atoms with Gasteiger partial charge in [-0.3, -0.25) is 4.99 Å². The van der Waals surface area contributed by atoms with E-state index in [4.69, 9.17) is 9.26 Å². The number of hydrogen-bond donors (Lipinski definition) is 2. The summed E-state index contributed by atoms with van der Waals surface area (Å²) in [7, 11) is 1.76. The Morgan fingerprint density at radius 2 is 1.90 bits per heavy atom. The van der Waals surface area contributed by atoms with E-state index in [1.54, 1.807) is 7.05 Å². The highest BCUT2D eigenvalue weighted by molar-refractivity contribution is 14.0. The fourth-order valence-corrected chi connectivity index (χ4v) is 3.06. The Morgan fingerprint density at radius 1 is 1.17 bits per heavy atom. The minimum absolute atomic E-state index is 0. The lowest BCUT2D eigenvalue weighted by Gasteiger charge is -2.14. The molecule has 0 aliphatic rings. The van der Waals surface area contributed by atoms with Gasteiger partial charge < -0.3 is 19.9 Å². The maximum absolute atomic E-state index is 5.90. The van der Waals surface area contributed by atoms with Gasteiger partial charge in [-0.05, 0) is 31.7 Å². The SMILES string of the molecule is CCC(CC)c1cc(CNC(=NC)NCCCOC(C)c2ccccc2)on1.I. The summed E-state index contributed by atoms with van der Waals surface area (Å²) < 4.78 is 11.3. The summed E-state index contributed by atoms with van der Waals surface area (Å²) in [6, 6.07) is 12.3. The van der Waals surface area contributed by atoms with Crippen molar-refractivity contribution in [1.82, 2.24) is 15.8 Å². The number of guanidine groups is 1. The summed E-state index contributed by atoms with van der Waals surface area (Å²) in [5.41, 5.74) is 2.24. The summed E-state index contributed by atoms with van der Waals surface area (Å²) in [5, 5.41) is 10.8. The molecule has 0 aliphatic carbocycles. The highest BCUT2D eigenvalue weighted by Gasteiger charge is 2.13. The number of rotatable bonds is 11. The summed E-state index contributed by atoms with van der Waals surface area (Å²) in [6.45, 7) is 8.48. The number of aliphatic imine (C=N–C) groups is 1. The zero-order valence-corrected chi connectivity index (χ0v) is 20.3. The second-order valence-corrected chi connectivity index (χ2v) is 6.86. The molecule has 1 aromatic carbocycles. The predicted molar refractivity (Wildman–Crippen MR) is 129 cm³/mol. The predicted octanol–water partition coefficient (Wildman–Crippen LogP) is 5.03. The zero-order valence-electron chi connectivity index (χ0n) is 18.0. The van der Waals surface area contributed by atoms with Crippen LogP contribution in [0.4, 0.5) is 0 Å². The molecule has 6 nitrogen and oxygen atoms in total. The van der Waals surface area contributed by atoms with E-state index >= 15 is 0 Å². The van der Waals surface area contributed by atoms with E-state index in [1.165, 1.54) is 5.56 Å². The van der Waals surface area contributed by atoms with Crippen molar-refractivity contribution in [2.45, 2.75) is 58.6 Å². The van der Waals surface area contributed by atoms with Gasteiger partial charge in [-0.25, -0.2) is 0 Å². The lowest BCUT2D eigenvalue weighted by Crippen LogP contribution is -2.37. The first kappa shape index (κ1) is 25.4. The van der Waals surface area contributed by atoms with Crippen molar-refractivity contribution in [3.63, 3.8) is 0 Å². The number of ether oxygens (including phenoxy) is 1. The molecular formula is C22H35IN4O2. The Kier molecular flexibility index (Phi) is 12.6. The van der Waals surface area contributed by atoms with Crippen LogP contribution in [0.15, 0.2) is 45.9 Å². The van der Waals surface area contributed by atoms with Crippen LogP contribution in [0.2, 0.25) is 0 Å². The number of nitrogens with zero attached hydrogens (tertiary/aromatic N) is 2. The van der Waals surface area contributed by atoms with Gasteiger partial charge >= 0.3 is 0 Å². The molecule has 0 spiro atoms. The first-order valence-electron chi connectivity index (χ1n) is 10.2. The van der Waals surface area contributed by atoms with Crippen LogP contribution < -0.4 is 10.6 Å². The summed E-state index contributed by atoms with van der Waals surface area (Å²) in [6.07, 6.45) is 3.15. The standard InChI is InChI=1S/C22H34N4O2.HI/c1-5-18(6-2)21-15-20(28-26-21)16-25-22(23-4)24-13-10-14-27-17(3)19-11-8-7-9-12-19;/h7-9,11-12,15,17-18H,5-6,10,13-14,16H2,1-4H3,(H2,23,24,25);1H. The molecule has 162 valence electrons. The fourth-order valence-electron chi connectivity index (χ4n) is 3.06. The van der Waals surface area contributed by atoms with Gasteiger partial charge in [0, 0.05) is 32.2 Å². The van der Waals surface area contributed by atoms with E-state index in [9.17, 15) is 0 Å². The lowest BCUT2D eigenvalue weighted by molar-refractivity contribution is 0.0646. The van der Waals surface area contributed by atoms with Gasteiger partial charge in [0.05, 0.1) is 18.3 Å². The minimum atomic E-state index is 0. The Labute approximate surface area is 191 Å². The van der Waals surface area contributed by atoms with Gasteiger partial charge in [0.2, 0.25) is 0 Å². The lowest BCUT2D eigenvalue weighted by atomic mass is 9.99. The van der Waals surface area contributed by atoms with Gasteiger partial charge in [0.1, 0.15) is 0 Å². The molecule has 2 aromatic rings. The van der Waals surface area contributed by atoms with Crippen molar-refractivity contribution >= 4 is 29.9 Å². The third-order valence-electron chi connectivity index (χ3n) is 4.89. The largest absolute Gasteiger partial charge is 0.374 e. The van der Waals surface area contributed by atoms with Crippen LogP contribution >= 0.6 is 24.0 Å². The van der Waals surface area contributed by atoms with Crippen LogP contribution in [0.3, 0.4) is 0 Å². The molecule has 0 fully saturated rings. The van der Waals surface area contributed by atoms with Crippen LogP contribution in [0.25, 0.3) is 0 Å². The molecule has 2 rings (SSSR count). The average Bonchev–Trinajstić information content (AvgIpc) is 3.20. The highest BCUT2D eigenvalue weighted by Crippen LogP contribution is 2.22. The second-order valence-electron chi connectivity index (χ2n) is 6.86. The number of nitrogens with one attached hydrogen (secondary N) is 2. The molecule has 0 saturated carbocycles. The van der Waals surface area contributed by atoms with Gasteiger partial charge in [0.25, 0.3) is 0 Å². The van der Waals surface area contributed by atoms with Crippen LogP contribution in [0.5, 0.6) is 0 Å². The quantitative estimate of drug-likeness (QED) is 0.191. The number of aromatic nitrogens is 1. The molecule has 0 radical (unpaired) electrons. The molecule has 7 heteroatoms. The van der Waals surface area contributed by atoms with Crippen molar-refractivity contribution in [2.24, 2.45) is 4.99 Å². The van der Waals surface area contributed by atoms with Crippen LogP contribution in [0.1, 0.15) is 69.1 Å². The van der Waals surface area contributed by atoms with E-state index in [2.05, 4.69) is 53.7 Å². The van der Waals surface area contributed by atoms with E-state index in [0.29, 0.717) is 19.1 Å². The molecule has 2 N–H and O–H groups in total. The molecule has 29 heavy (non-hydrogen) atoms. The van der Waals surface area contributed by atoms with E-state index in [0.717, 1.165) is 43.2 Å². The van der Waals surface area contributed by atoms with Crippen LogP contribution in [-0.2, 0) is 11.3 Å². The Hall–Kier alpha value is -1.61. The Bertz CT molecular complexity index is 702. The molecule has 1 aromatic heterocycles. The average molecular weight is 514 g/mol. The molecule has 1 atom stereocenters. The normalized spacial score (nSPS) is 12.5. The first-order chi connectivity index (χ1) is 13.7. The fraction of sp³-hybridized carbons (Fsp3) is 0.545. The summed E-state index contributed by atoms with van der Waals surface area (Å²) >= 11 is 0. The molecule has 0 saturated heterocycles. The molecular weight excluding hydrogens is 479 g/mol. The number of benzene rings is 1. The van der Waals surface area contributed by atoms with Crippen molar-refractivity contribution in [2.75, 3.05) is 20.2 Å². The van der Waals surface area contributed by atoms with Crippen LogP contribution in [-0.4, -0.2) is 31.3 Å². The van der Waals surface area contributed by atoms with Crippen molar-refractivity contribution in [1.29, 1.82) is 0 Å². The molecule has 0 aliphatic heterocycles. The van der Waals surface area contributed by atoms with E-state index < -0.39 is 0 Å². The van der Waals surface area contributed by atoms with Gasteiger partial charge in [-0.1, -0.05) is 49.3 Å². The number of halogens is 1. The molecule has 0 amide bonds. The first-order valence-corrected chi connectivity index (χ1v) is 10.2. The van der Waals surface area contributed by atoms with Gasteiger partial charge in [0.15, 0.2) is 11.7 Å². The number of hydrogen-bond acceptors (Lipinski definition) is 4.